The second-order valence-corrected chi connectivity index (χ2v) is 4.61. The first-order valence-corrected chi connectivity index (χ1v) is 6.21. The van der Waals surface area contributed by atoms with Crippen molar-refractivity contribution in [2.75, 3.05) is 39.3 Å². The van der Waals surface area contributed by atoms with Crippen molar-refractivity contribution in [2.45, 2.75) is 19.4 Å². The van der Waals surface area contributed by atoms with Crippen LogP contribution in [0.2, 0.25) is 0 Å². The molecule has 1 unspecified atom stereocenters. The fourth-order valence-corrected chi connectivity index (χ4v) is 2.31. The molecule has 0 spiro atoms. The molecule has 0 aromatic heterocycles. The monoisotopic (exact) mass is 240 g/mol. The standard InChI is InChI=1S/C11H20N4O2/c1-9(15-7-4-13-11(15)17)8-10(16)14-5-2-12-3-6-14/h9,12H,2-8H2,1H3,(H,13,17). The highest BCUT2D eigenvalue weighted by Gasteiger charge is 2.27. The number of nitrogens with one attached hydrogen (secondary N) is 2. The van der Waals surface area contributed by atoms with Gasteiger partial charge in [0.2, 0.25) is 5.91 Å². The van der Waals surface area contributed by atoms with Gasteiger partial charge in [0.1, 0.15) is 0 Å². The van der Waals surface area contributed by atoms with E-state index in [0.29, 0.717) is 19.5 Å². The Balaban J connectivity index is 1.82. The van der Waals surface area contributed by atoms with Crippen molar-refractivity contribution in [1.82, 2.24) is 20.4 Å². The van der Waals surface area contributed by atoms with E-state index in [0.717, 1.165) is 26.2 Å². The summed E-state index contributed by atoms with van der Waals surface area (Å²) < 4.78 is 0. The topological polar surface area (TPSA) is 64.7 Å². The normalized spacial score (nSPS) is 22.5. The van der Waals surface area contributed by atoms with Gasteiger partial charge in [0.05, 0.1) is 0 Å². The summed E-state index contributed by atoms with van der Waals surface area (Å²) in [6, 6.07) is -0.0644. The van der Waals surface area contributed by atoms with Crippen molar-refractivity contribution >= 4 is 11.9 Å². The molecule has 96 valence electrons. The summed E-state index contributed by atoms with van der Waals surface area (Å²) in [5.41, 5.74) is 0. The maximum atomic E-state index is 12.0. The second-order valence-electron chi connectivity index (χ2n) is 4.61. The third-order valence-electron chi connectivity index (χ3n) is 3.36. The van der Waals surface area contributed by atoms with E-state index in [1.54, 1.807) is 4.90 Å². The van der Waals surface area contributed by atoms with Crippen molar-refractivity contribution in [2.24, 2.45) is 0 Å². The van der Waals surface area contributed by atoms with Crippen LogP contribution in [0.25, 0.3) is 0 Å². The Bertz CT molecular complexity index is 302. The molecule has 0 bridgehead atoms. The first-order valence-electron chi connectivity index (χ1n) is 6.21. The zero-order valence-corrected chi connectivity index (χ0v) is 10.2. The molecule has 0 saturated carbocycles. The summed E-state index contributed by atoms with van der Waals surface area (Å²) >= 11 is 0. The molecule has 2 N–H and O–H groups in total. The Morgan fingerprint density at radius 3 is 2.59 bits per heavy atom. The molecule has 2 rings (SSSR count). The number of piperazine rings is 1. The van der Waals surface area contributed by atoms with Gasteiger partial charge in [-0.15, -0.1) is 0 Å². The lowest BCUT2D eigenvalue weighted by molar-refractivity contribution is -0.132. The quantitative estimate of drug-likeness (QED) is 0.680. The first-order chi connectivity index (χ1) is 8.18. The van der Waals surface area contributed by atoms with Crippen LogP contribution in [-0.4, -0.2) is 67.0 Å². The molecule has 2 heterocycles. The van der Waals surface area contributed by atoms with E-state index in [-0.39, 0.29) is 18.0 Å². The molecule has 6 heteroatoms. The molecule has 1 atom stereocenters. The van der Waals surface area contributed by atoms with Gasteiger partial charge < -0.3 is 20.4 Å². The molecule has 17 heavy (non-hydrogen) atoms. The second kappa shape index (κ2) is 5.35. The molecule has 2 aliphatic rings. The van der Waals surface area contributed by atoms with Crippen LogP contribution in [0.4, 0.5) is 4.79 Å². The summed E-state index contributed by atoms with van der Waals surface area (Å²) in [6.45, 7) is 6.61. The predicted octanol–water partition coefficient (Wildman–Crippen LogP) is -0.778. The summed E-state index contributed by atoms with van der Waals surface area (Å²) in [5, 5.41) is 5.97. The molecule has 0 aromatic rings. The Hall–Kier alpha value is -1.30. The molecule has 2 aliphatic heterocycles. The van der Waals surface area contributed by atoms with Crippen LogP contribution in [0.3, 0.4) is 0 Å². The highest BCUT2D eigenvalue weighted by atomic mass is 16.2. The van der Waals surface area contributed by atoms with E-state index in [9.17, 15) is 9.59 Å². The number of nitrogens with zero attached hydrogens (tertiary/aromatic N) is 2. The van der Waals surface area contributed by atoms with E-state index < -0.39 is 0 Å². The molecule has 3 amide bonds. The van der Waals surface area contributed by atoms with Gasteiger partial charge >= 0.3 is 6.03 Å². The third kappa shape index (κ3) is 2.88. The first kappa shape index (κ1) is 12.2. The maximum absolute atomic E-state index is 12.0. The molecule has 6 nitrogen and oxygen atoms in total. The van der Waals surface area contributed by atoms with Crippen LogP contribution in [0.1, 0.15) is 13.3 Å². The van der Waals surface area contributed by atoms with E-state index >= 15 is 0 Å². The number of rotatable bonds is 3. The largest absolute Gasteiger partial charge is 0.340 e. The third-order valence-corrected chi connectivity index (χ3v) is 3.36. The molecule has 0 radical (unpaired) electrons. The van der Waals surface area contributed by atoms with Crippen LogP contribution in [0, 0.1) is 0 Å². The van der Waals surface area contributed by atoms with Crippen LogP contribution in [-0.2, 0) is 4.79 Å². The smallest absolute Gasteiger partial charge is 0.317 e. The number of urea groups is 1. The lowest BCUT2D eigenvalue weighted by Gasteiger charge is -2.30. The molecule has 2 fully saturated rings. The van der Waals surface area contributed by atoms with Crippen LogP contribution in [0.5, 0.6) is 0 Å². The summed E-state index contributed by atoms with van der Waals surface area (Å²) in [7, 11) is 0. The maximum Gasteiger partial charge on any atom is 0.317 e. The van der Waals surface area contributed by atoms with Gasteiger partial charge in [0.15, 0.2) is 0 Å². The van der Waals surface area contributed by atoms with E-state index in [4.69, 9.17) is 0 Å². The molecule has 0 aliphatic carbocycles. The molecule has 2 saturated heterocycles. The Kier molecular flexibility index (Phi) is 3.83. The van der Waals surface area contributed by atoms with Crippen molar-refractivity contribution in [3.63, 3.8) is 0 Å². The average molecular weight is 240 g/mol. The van der Waals surface area contributed by atoms with Gasteiger partial charge in [0.25, 0.3) is 0 Å². The highest BCUT2D eigenvalue weighted by Crippen LogP contribution is 2.10. The van der Waals surface area contributed by atoms with Gasteiger partial charge in [-0.1, -0.05) is 0 Å². The minimum absolute atomic E-state index is 0.0140. The van der Waals surface area contributed by atoms with Crippen LogP contribution >= 0.6 is 0 Å². The number of amides is 3. The minimum Gasteiger partial charge on any atom is -0.340 e. The van der Waals surface area contributed by atoms with Crippen LogP contribution < -0.4 is 10.6 Å². The van der Waals surface area contributed by atoms with Gasteiger partial charge in [0, 0.05) is 51.7 Å². The highest BCUT2D eigenvalue weighted by molar-refractivity contribution is 5.80. The Morgan fingerprint density at radius 2 is 2.00 bits per heavy atom. The Morgan fingerprint density at radius 1 is 1.29 bits per heavy atom. The van der Waals surface area contributed by atoms with Gasteiger partial charge in [-0.2, -0.15) is 0 Å². The predicted molar refractivity (Wildman–Crippen MR) is 63.6 cm³/mol. The number of carbonyl (C=O) groups excluding carboxylic acids is 2. The fourth-order valence-electron chi connectivity index (χ4n) is 2.31. The van der Waals surface area contributed by atoms with Gasteiger partial charge in [-0.05, 0) is 6.92 Å². The average Bonchev–Trinajstić information content (AvgIpc) is 2.76. The summed E-state index contributed by atoms with van der Waals surface area (Å²) in [5.74, 6) is 0.152. The zero-order chi connectivity index (χ0) is 12.3. The zero-order valence-electron chi connectivity index (χ0n) is 10.2. The van der Waals surface area contributed by atoms with Crippen LogP contribution in [0.15, 0.2) is 0 Å². The number of hydrogen-bond acceptors (Lipinski definition) is 3. The van der Waals surface area contributed by atoms with E-state index in [1.807, 2.05) is 11.8 Å². The SMILES string of the molecule is CC(CC(=O)N1CCNCC1)N1CCNC1=O. The fraction of sp³-hybridized carbons (Fsp3) is 0.818. The molecular weight excluding hydrogens is 220 g/mol. The summed E-state index contributed by atoms with van der Waals surface area (Å²) in [4.78, 5) is 27.1. The van der Waals surface area contributed by atoms with Gasteiger partial charge in [-0.3, -0.25) is 4.79 Å². The lowest BCUT2D eigenvalue weighted by atomic mass is 10.2. The summed E-state index contributed by atoms with van der Waals surface area (Å²) in [6.07, 6.45) is 0.424. The van der Waals surface area contributed by atoms with Crippen molar-refractivity contribution in [3.8, 4) is 0 Å². The number of hydrogen-bond donors (Lipinski definition) is 2. The minimum atomic E-state index is -0.0504. The molecule has 0 aromatic carbocycles. The molecular formula is C11H20N4O2. The van der Waals surface area contributed by atoms with Crippen molar-refractivity contribution < 1.29 is 9.59 Å². The Labute approximate surface area is 101 Å². The lowest BCUT2D eigenvalue weighted by Crippen LogP contribution is -2.48. The number of carbonyl (C=O) groups is 2. The van der Waals surface area contributed by atoms with Crippen molar-refractivity contribution in [1.29, 1.82) is 0 Å². The van der Waals surface area contributed by atoms with Crippen molar-refractivity contribution in [3.05, 3.63) is 0 Å². The van der Waals surface area contributed by atoms with Gasteiger partial charge in [-0.25, -0.2) is 4.79 Å². The van der Waals surface area contributed by atoms with E-state index in [2.05, 4.69) is 10.6 Å². The van der Waals surface area contributed by atoms with E-state index in [1.165, 1.54) is 0 Å².